The molecule has 1 rings (SSSR count). The summed E-state index contributed by atoms with van der Waals surface area (Å²) < 4.78 is 56.6. The molecule has 0 bridgehead atoms. The van der Waals surface area contributed by atoms with E-state index >= 15 is 0 Å². The van der Waals surface area contributed by atoms with Crippen molar-refractivity contribution < 1.29 is 22.3 Å². The molecular weight excluding hydrogens is 288 g/mol. The minimum Gasteiger partial charge on any atom is -0.383 e. The number of benzene rings is 1. The van der Waals surface area contributed by atoms with Gasteiger partial charge in [0.25, 0.3) is 0 Å². The molecule has 0 fully saturated rings. The van der Waals surface area contributed by atoms with E-state index in [1.54, 1.807) is 7.11 Å². The van der Waals surface area contributed by atoms with Crippen molar-refractivity contribution in [2.24, 2.45) is 5.73 Å². The van der Waals surface area contributed by atoms with Crippen molar-refractivity contribution in [3.8, 4) is 0 Å². The Bertz CT molecular complexity index is 451. The smallest absolute Gasteiger partial charge is 0.383 e. The Labute approximate surface area is 121 Å². The van der Waals surface area contributed by atoms with Gasteiger partial charge in [-0.15, -0.1) is 0 Å². The zero-order valence-electron chi connectivity index (χ0n) is 12.1. The van der Waals surface area contributed by atoms with Gasteiger partial charge in [-0.1, -0.05) is 13.0 Å². The Morgan fingerprint density at radius 3 is 2.48 bits per heavy atom. The third-order valence-electron chi connectivity index (χ3n) is 3.33. The van der Waals surface area contributed by atoms with E-state index in [4.69, 9.17) is 10.5 Å². The van der Waals surface area contributed by atoms with Crippen LogP contribution in [0.3, 0.4) is 0 Å². The van der Waals surface area contributed by atoms with Gasteiger partial charge in [0.15, 0.2) is 0 Å². The predicted molar refractivity (Wildman–Crippen MR) is 72.3 cm³/mol. The minimum absolute atomic E-state index is 0.139. The fourth-order valence-corrected chi connectivity index (χ4v) is 2.21. The largest absolute Gasteiger partial charge is 0.419 e. The van der Waals surface area contributed by atoms with Crippen LogP contribution in [0.25, 0.3) is 0 Å². The van der Waals surface area contributed by atoms with Crippen LogP contribution in [-0.4, -0.2) is 38.3 Å². The van der Waals surface area contributed by atoms with E-state index in [2.05, 4.69) is 0 Å². The quantitative estimate of drug-likeness (QED) is 0.787. The molecule has 0 aliphatic carbocycles. The van der Waals surface area contributed by atoms with Crippen molar-refractivity contribution in [3.05, 3.63) is 35.1 Å². The first-order valence-corrected chi connectivity index (χ1v) is 6.64. The van der Waals surface area contributed by atoms with Gasteiger partial charge in [0, 0.05) is 26.2 Å². The second kappa shape index (κ2) is 7.72. The number of hydrogen-bond acceptors (Lipinski definition) is 3. The second-order valence-electron chi connectivity index (χ2n) is 4.61. The van der Waals surface area contributed by atoms with Crippen LogP contribution in [0.5, 0.6) is 0 Å². The van der Waals surface area contributed by atoms with Gasteiger partial charge in [0.2, 0.25) is 0 Å². The summed E-state index contributed by atoms with van der Waals surface area (Å²) in [7, 11) is 1.55. The van der Waals surface area contributed by atoms with E-state index in [0.717, 1.165) is 12.1 Å². The molecule has 0 radical (unpaired) electrons. The summed E-state index contributed by atoms with van der Waals surface area (Å²) in [6, 6.07) is 2.61. The van der Waals surface area contributed by atoms with Gasteiger partial charge >= 0.3 is 6.18 Å². The topological polar surface area (TPSA) is 38.5 Å². The van der Waals surface area contributed by atoms with Crippen molar-refractivity contribution in [3.63, 3.8) is 0 Å². The van der Waals surface area contributed by atoms with Gasteiger partial charge < -0.3 is 10.5 Å². The molecule has 1 aromatic carbocycles. The van der Waals surface area contributed by atoms with Crippen molar-refractivity contribution >= 4 is 0 Å². The lowest BCUT2D eigenvalue weighted by atomic mass is 10.0. The first kappa shape index (κ1) is 17.9. The molecule has 0 aliphatic heterocycles. The van der Waals surface area contributed by atoms with E-state index in [1.165, 1.54) is 6.07 Å². The van der Waals surface area contributed by atoms with Crippen molar-refractivity contribution in [1.29, 1.82) is 0 Å². The average molecular weight is 308 g/mol. The summed E-state index contributed by atoms with van der Waals surface area (Å²) in [6.45, 7) is 3.60. The highest BCUT2D eigenvalue weighted by Gasteiger charge is 2.35. The molecule has 3 nitrogen and oxygen atoms in total. The Morgan fingerprint density at radius 2 is 2.00 bits per heavy atom. The highest BCUT2D eigenvalue weighted by atomic mass is 19.4. The second-order valence-corrected chi connectivity index (χ2v) is 4.61. The summed E-state index contributed by atoms with van der Waals surface area (Å²) in [5, 5.41) is 0. The fourth-order valence-electron chi connectivity index (χ4n) is 2.21. The monoisotopic (exact) mass is 308 g/mol. The number of halogens is 4. The Kier molecular flexibility index (Phi) is 6.57. The molecule has 0 aromatic heterocycles. The zero-order chi connectivity index (χ0) is 16.0. The number of nitrogens with two attached hydrogens (primary N) is 1. The van der Waals surface area contributed by atoms with Crippen LogP contribution in [0.15, 0.2) is 18.2 Å². The van der Waals surface area contributed by atoms with Gasteiger partial charge in [-0.2, -0.15) is 13.2 Å². The van der Waals surface area contributed by atoms with E-state index in [1.807, 2.05) is 11.8 Å². The third-order valence-corrected chi connectivity index (χ3v) is 3.33. The molecule has 7 heteroatoms. The molecule has 120 valence electrons. The standard InChI is InChI=1S/C14H20F4N2O/c1-3-20(6-7-21-2)13(9-19)10-4-5-12(15)11(8-10)14(16,17)18/h4-5,8,13H,3,6-7,9,19H2,1-2H3. The predicted octanol–water partition coefficient (Wildman–Crippen LogP) is 2.81. The molecule has 1 unspecified atom stereocenters. The van der Waals surface area contributed by atoms with E-state index in [-0.39, 0.29) is 6.54 Å². The van der Waals surface area contributed by atoms with E-state index < -0.39 is 23.6 Å². The van der Waals surface area contributed by atoms with Crippen LogP contribution in [-0.2, 0) is 10.9 Å². The van der Waals surface area contributed by atoms with Gasteiger partial charge in [-0.25, -0.2) is 4.39 Å². The molecule has 2 N–H and O–H groups in total. The third kappa shape index (κ3) is 4.66. The van der Waals surface area contributed by atoms with Crippen LogP contribution < -0.4 is 5.73 Å². The summed E-state index contributed by atoms with van der Waals surface area (Å²) in [4.78, 5) is 1.90. The number of alkyl halides is 3. The van der Waals surface area contributed by atoms with Gasteiger partial charge in [0.1, 0.15) is 5.82 Å². The number of nitrogens with zero attached hydrogens (tertiary/aromatic N) is 1. The lowest BCUT2D eigenvalue weighted by Crippen LogP contribution is -2.36. The zero-order valence-corrected chi connectivity index (χ0v) is 12.1. The van der Waals surface area contributed by atoms with E-state index in [9.17, 15) is 17.6 Å². The maximum atomic E-state index is 13.3. The minimum atomic E-state index is -4.72. The number of methoxy groups -OCH3 is 1. The highest BCUT2D eigenvalue weighted by Crippen LogP contribution is 2.33. The normalized spacial score (nSPS) is 13.7. The summed E-state index contributed by atoms with van der Waals surface area (Å²) >= 11 is 0. The number of hydrogen-bond donors (Lipinski definition) is 1. The molecule has 0 amide bonds. The lowest BCUT2D eigenvalue weighted by Gasteiger charge is -2.30. The highest BCUT2D eigenvalue weighted by molar-refractivity contribution is 5.29. The van der Waals surface area contributed by atoms with Crippen LogP contribution >= 0.6 is 0 Å². The first-order valence-electron chi connectivity index (χ1n) is 6.64. The van der Waals surface area contributed by atoms with Gasteiger partial charge in [0.05, 0.1) is 12.2 Å². The average Bonchev–Trinajstić information content (AvgIpc) is 2.43. The fraction of sp³-hybridized carbons (Fsp3) is 0.571. The van der Waals surface area contributed by atoms with E-state index in [0.29, 0.717) is 25.3 Å². The maximum Gasteiger partial charge on any atom is 0.419 e. The molecule has 1 aromatic rings. The summed E-state index contributed by atoms with van der Waals surface area (Å²) in [5.74, 6) is -1.28. The number of rotatable bonds is 7. The van der Waals surface area contributed by atoms with Crippen LogP contribution in [0.4, 0.5) is 17.6 Å². The van der Waals surface area contributed by atoms with Crippen LogP contribution in [0.2, 0.25) is 0 Å². The molecular formula is C14H20F4N2O. The number of likely N-dealkylation sites (N-methyl/N-ethyl adjacent to an activating group) is 1. The Hall–Kier alpha value is -1.18. The molecule has 0 aliphatic rings. The van der Waals surface area contributed by atoms with Gasteiger partial charge in [-0.3, -0.25) is 4.90 Å². The Balaban J connectivity index is 3.10. The van der Waals surface area contributed by atoms with Crippen molar-refractivity contribution in [2.75, 3.05) is 33.4 Å². The van der Waals surface area contributed by atoms with Crippen molar-refractivity contribution in [1.82, 2.24) is 4.90 Å². The molecule has 0 heterocycles. The van der Waals surface area contributed by atoms with Gasteiger partial charge in [-0.05, 0) is 24.2 Å². The van der Waals surface area contributed by atoms with Crippen LogP contribution in [0.1, 0.15) is 24.1 Å². The molecule has 0 saturated carbocycles. The summed E-state index contributed by atoms with van der Waals surface area (Å²) in [6.07, 6.45) is -4.72. The molecule has 0 saturated heterocycles. The maximum absolute atomic E-state index is 13.3. The summed E-state index contributed by atoms with van der Waals surface area (Å²) in [5.41, 5.74) is 4.78. The molecule has 0 spiro atoms. The first-order chi connectivity index (χ1) is 9.85. The Morgan fingerprint density at radius 1 is 1.33 bits per heavy atom. The molecule has 21 heavy (non-hydrogen) atoms. The van der Waals surface area contributed by atoms with Crippen LogP contribution in [0, 0.1) is 5.82 Å². The molecule has 1 atom stereocenters. The van der Waals surface area contributed by atoms with Crippen molar-refractivity contribution in [2.45, 2.75) is 19.1 Å². The lowest BCUT2D eigenvalue weighted by molar-refractivity contribution is -0.140. The SMILES string of the molecule is CCN(CCOC)C(CN)c1ccc(F)c(C(F)(F)F)c1. The number of ether oxygens (including phenoxy) is 1.